The third-order valence-electron chi connectivity index (χ3n) is 6.07. The van der Waals surface area contributed by atoms with Crippen molar-refractivity contribution in [1.29, 1.82) is 0 Å². The first-order chi connectivity index (χ1) is 16.1. The summed E-state index contributed by atoms with van der Waals surface area (Å²) < 4.78 is 16.2. The lowest BCUT2D eigenvalue weighted by Gasteiger charge is -2.18. The van der Waals surface area contributed by atoms with Crippen molar-refractivity contribution >= 4 is 6.09 Å². The van der Waals surface area contributed by atoms with Gasteiger partial charge in [0, 0.05) is 31.1 Å². The van der Waals surface area contributed by atoms with E-state index < -0.39 is 6.09 Å². The van der Waals surface area contributed by atoms with E-state index in [-0.39, 0.29) is 25.0 Å². The van der Waals surface area contributed by atoms with E-state index in [0.29, 0.717) is 24.5 Å². The smallest absolute Gasteiger partial charge is 0.407 e. The molecule has 0 aliphatic heterocycles. The first-order valence-corrected chi connectivity index (χ1v) is 11.0. The van der Waals surface area contributed by atoms with Crippen LogP contribution in [-0.2, 0) is 11.2 Å². The number of carbonyl (C=O) groups is 1. The van der Waals surface area contributed by atoms with Gasteiger partial charge in [0.25, 0.3) is 0 Å². The predicted molar refractivity (Wildman–Crippen MR) is 127 cm³/mol. The number of fused-ring (bicyclic) bond motifs is 3. The maximum absolute atomic E-state index is 12.4. The Hall–Kier alpha value is -3.51. The van der Waals surface area contributed by atoms with Crippen molar-refractivity contribution < 1.29 is 24.1 Å². The Morgan fingerprint density at radius 3 is 2.06 bits per heavy atom. The lowest BCUT2D eigenvalue weighted by atomic mass is 9.98. The molecule has 6 nitrogen and oxygen atoms in total. The predicted octanol–water partition coefficient (Wildman–Crippen LogP) is 4.39. The van der Waals surface area contributed by atoms with Gasteiger partial charge in [-0.1, -0.05) is 48.5 Å². The topological polar surface area (TPSA) is 77.0 Å². The molecular formula is C27H29NO5. The molecule has 33 heavy (non-hydrogen) atoms. The van der Waals surface area contributed by atoms with Crippen LogP contribution in [0.1, 0.15) is 22.6 Å². The van der Waals surface area contributed by atoms with Crippen LogP contribution < -0.4 is 14.8 Å². The number of ether oxygens (including phenoxy) is 3. The van der Waals surface area contributed by atoms with E-state index in [0.717, 1.165) is 5.56 Å². The average molecular weight is 448 g/mol. The Balaban J connectivity index is 1.34. The van der Waals surface area contributed by atoms with Crippen molar-refractivity contribution in [2.45, 2.75) is 12.3 Å². The molecule has 2 N–H and O–H groups in total. The zero-order valence-corrected chi connectivity index (χ0v) is 18.9. The Morgan fingerprint density at radius 1 is 0.939 bits per heavy atom. The zero-order chi connectivity index (χ0) is 23.2. The minimum absolute atomic E-state index is 0.0148. The van der Waals surface area contributed by atoms with Gasteiger partial charge in [0.15, 0.2) is 0 Å². The standard InChI is InChI=1S/C27H29NO5/c1-31-20-12-18(13-21(14-20)32-2)11-19(16-29)15-28-27(30)33-17-26-24-9-5-3-7-22(24)23-8-4-6-10-25(23)26/h3-10,12-14,19,26,29H,11,15-17H2,1-2H3,(H,28,30). The molecule has 4 rings (SSSR count). The molecule has 1 aliphatic rings. The summed E-state index contributed by atoms with van der Waals surface area (Å²) in [5.74, 6) is 1.22. The lowest BCUT2D eigenvalue weighted by molar-refractivity contribution is 0.138. The highest BCUT2D eigenvalue weighted by atomic mass is 16.5. The van der Waals surface area contributed by atoms with Crippen LogP contribution in [0, 0.1) is 5.92 Å². The maximum atomic E-state index is 12.4. The molecule has 0 bridgehead atoms. The fourth-order valence-corrected chi connectivity index (χ4v) is 4.40. The first kappa shape index (κ1) is 22.7. The van der Waals surface area contributed by atoms with Crippen molar-refractivity contribution in [1.82, 2.24) is 5.32 Å². The molecule has 0 radical (unpaired) electrons. The molecule has 3 aromatic rings. The summed E-state index contributed by atoms with van der Waals surface area (Å²) in [6.45, 7) is 0.493. The zero-order valence-electron chi connectivity index (χ0n) is 18.9. The van der Waals surface area contributed by atoms with Crippen LogP contribution in [0.25, 0.3) is 11.1 Å². The molecule has 0 aromatic heterocycles. The number of carbonyl (C=O) groups excluding carboxylic acids is 1. The van der Waals surface area contributed by atoms with Crippen molar-refractivity contribution in [3.8, 4) is 22.6 Å². The van der Waals surface area contributed by atoms with Crippen molar-refractivity contribution in [3.63, 3.8) is 0 Å². The summed E-state index contributed by atoms with van der Waals surface area (Å²) in [7, 11) is 3.20. The van der Waals surface area contributed by atoms with E-state index >= 15 is 0 Å². The number of benzene rings is 3. The quantitative estimate of drug-likeness (QED) is 0.509. The molecule has 172 valence electrons. The number of hydrogen-bond acceptors (Lipinski definition) is 5. The molecule has 1 atom stereocenters. The highest BCUT2D eigenvalue weighted by Gasteiger charge is 2.29. The van der Waals surface area contributed by atoms with Crippen LogP contribution in [0.5, 0.6) is 11.5 Å². The van der Waals surface area contributed by atoms with E-state index in [1.165, 1.54) is 22.3 Å². The summed E-state index contributed by atoms with van der Waals surface area (Å²) in [6.07, 6.45) is 0.0757. The molecule has 0 heterocycles. The van der Waals surface area contributed by atoms with Crippen LogP contribution in [0.4, 0.5) is 4.79 Å². The van der Waals surface area contributed by atoms with Crippen LogP contribution >= 0.6 is 0 Å². The summed E-state index contributed by atoms with van der Waals surface area (Å²) in [5.41, 5.74) is 5.69. The molecule has 1 amide bonds. The fourth-order valence-electron chi connectivity index (χ4n) is 4.40. The maximum Gasteiger partial charge on any atom is 0.407 e. The molecule has 6 heteroatoms. The molecule has 1 aliphatic carbocycles. The number of aliphatic hydroxyl groups excluding tert-OH is 1. The highest BCUT2D eigenvalue weighted by Crippen LogP contribution is 2.44. The number of amides is 1. The van der Waals surface area contributed by atoms with Gasteiger partial charge in [-0.2, -0.15) is 0 Å². The number of nitrogens with one attached hydrogen (secondary N) is 1. The van der Waals surface area contributed by atoms with Gasteiger partial charge in [-0.15, -0.1) is 0 Å². The van der Waals surface area contributed by atoms with Gasteiger partial charge in [-0.25, -0.2) is 4.79 Å². The Kier molecular flexibility index (Phi) is 7.15. The number of hydrogen-bond donors (Lipinski definition) is 2. The summed E-state index contributed by atoms with van der Waals surface area (Å²) in [5, 5.41) is 12.6. The highest BCUT2D eigenvalue weighted by molar-refractivity contribution is 5.79. The van der Waals surface area contributed by atoms with Crippen LogP contribution in [-0.4, -0.2) is 45.2 Å². The number of alkyl carbamates (subject to hydrolysis) is 1. The largest absolute Gasteiger partial charge is 0.497 e. The minimum atomic E-state index is -0.487. The molecule has 0 fully saturated rings. The molecule has 1 unspecified atom stereocenters. The second-order valence-corrected chi connectivity index (χ2v) is 8.18. The van der Waals surface area contributed by atoms with Crippen molar-refractivity contribution in [3.05, 3.63) is 83.4 Å². The van der Waals surface area contributed by atoms with Crippen LogP contribution in [0.3, 0.4) is 0 Å². The van der Waals surface area contributed by atoms with E-state index in [9.17, 15) is 9.90 Å². The Labute approximate surface area is 194 Å². The van der Waals surface area contributed by atoms with Crippen LogP contribution in [0.15, 0.2) is 66.7 Å². The third kappa shape index (κ3) is 5.12. The average Bonchev–Trinajstić information content (AvgIpc) is 3.18. The monoisotopic (exact) mass is 447 g/mol. The number of methoxy groups -OCH3 is 2. The molecular weight excluding hydrogens is 418 g/mol. The third-order valence-corrected chi connectivity index (χ3v) is 6.07. The molecule has 0 saturated heterocycles. The number of rotatable bonds is 9. The van der Waals surface area contributed by atoms with E-state index in [2.05, 4.69) is 29.6 Å². The van der Waals surface area contributed by atoms with Gasteiger partial charge in [0.05, 0.1) is 14.2 Å². The van der Waals surface area contributed by atoms with Gasteiger partial charge in [0.1, 0.15) is 18.1 Å². The van der Waals surface area contributed by atoms with E-state index in [1.807, 2.05) is 36.4 Å². The molecule has 3 aromatic carbocycles. The fraction of sp³-hybridized carbons (Fsp3) is 0.296. The van der Waals surface area contributed by atoms with Gasteiger partial charge < -0.3 is 24.6 Å². The van der Waals surface area contributed by atoms with Gasteiger partial charge >= 0.3 is 6.09 Å². The second kappa shape index (κ2) is 10.4. The van der Waals surface area contributed by atoms with Crippen LogP contribution in [0.2, 0.25) is 0 Å². The lowest BCUT2D eigenvalue weighted by Crippen LogP contribution is -2.33. The molecule has 0 saturated carbocycles. The van der Waals surface area contributed by atoms with Crippen molar-refractivity contribution in [2.75, 3.05) is 34.0 Å². The van der Waals surface area contributed by atoms with Gasteiger partial charge in [-0.05, 0) is 46.4 Å². The van der Waals surface area contributed by atoms with Gasteiger partial charge in [-0.3, -0.25) is 0 Å². The summed E-state index contributed by atoms with van der Waals surface area (Å²) in [6, 6.07) is 22.1. The summed E-state index contributed by atoms with van der Waals surface area (Å²) >= 11 is 0. The minimum Gasteiger partial charge on any atom is -0.497 e. The van der Waals surface area contributed by atoms with E-state index in [1.54, 1.807) is 20.3 Å². The Bertz CT molecular complexity index is 1050. The second-order valence-electron chi connectivity index (χ2n) is 8.18. The Morgan fingerprint density at radius 2 is 1.52 bits per heavy atom. The SMILES string of the molecule is COc1cc(CC(CO)CNC(=O)OCC2c3ccccc3-c3ccccc32)cc(OC)c1. The first-order valence-electron chi connectivity index (χ1n) is 11.0. The normalized spacial score (nSPS) is 13.1. The van der Waals surface area contributed by atoms with E-state index in [4.69, 9.17) is 14.2 Å². The van der Waals surface area contributed by atoms with Crippen molar-refractivity contribution in [2.24, 2.45) is 5.92 Å². The van der Waals surface area contributed by atoms with Gasteiger partial charge in [0.2, 0.25) is 0 Å². The number of aliphatic hydroxyl groups is 1. The summed E-state index contributed by atoms with van der Waals surface area (Å²) in [4.78, 5) is 12.4. The molecule has 0 spiro atoms.